The van der Waals surface area contributed by atoms with E-state index in [0.29, 0.717) is 24.9 Å². The van der Waals surface area contributed by atoms with Crippen LogP contribution in [0.3, 0.4) is 0 Å². The van der Waals surface area contributed by atoms with Gasteiger partial charge in [0.1, 0.15) is 0 Å². The van der Waals surface area contributed by atoms with Crippen LogP contribution in [0.2, 0.25) is 0 Å². The first kappa shape index (κ1) is 9.27. The summed E-state index contributed by atoms with van der Waals surface area (Å²) in [6.07, 6.45) is 0. The fourth-order valence-corrected chi connectivity index (χ4v) is 0.578. The SMILES string of the molecule is CC(CN)C(C)CN=[N+]=[N-]. The topological polar surface area (TPSA) is 74.8 Å². The molecule has 0 rings (SSSR count). The van der Waals surface area contributed by atoms with Crippen molar-refractivity contribution >= 4 is 0 Å². The van der Waals surface area contributed by atoms with Crippen molar-refractivity contribution in [1.82, 2.24) is 0 Å². The van der Waals surface area contributed by atoms with E-state index < -0.39 is 0 Å². The van der Waals surface area contributed by atoms with Gasteiger partial charge in [-0.2, -0.15) is 0 Å². The number of nitrogens with zero attached hydrogens (tertiary/aromatic N) is 3. The first-order valence-corrected chi connectivity index (χ1v) is 3.43. The summed E-state index contributed by atoms with van der Waals surface area (Å²) in [6, 6.07) is 0. The van der Waals surface area contributed by atoms with Crippen LogP contribution in [0.25, 0.3) is 10.4 Å². The number of hydrogen-bond donors (Lipinski definition) is 1. The number of nitrogens with two attached hydrogens (primary N) is 1. The van der Waals surface area contributed by atoms with Gasteiger partial charge in [0.25, 0.3) is 0 Å². The Labute approximate surface area is 61.0 Å². The molecule has 0 saturated heterocycles. The molecule has 2 N–H and O–H groups in total. The van der Waals surface area contributed by atoms with E-state index in [2.05, 4.69) is 16.9 Å². The summed E-state index contributed by atoms with van der Waals surface area (Å²) in [4.78, 5) is 2.68. The standard InChI is InChI=1S/C6H14N4/c1-5(3-7)6(2)4-9-10-8/h5-6H,3-4,7H2,1-2H3. The smallest absolute Gasteiger partial charge is 0.0286 e. The maximum Gasteiger partial charge on any atom is 0.0286 e. The van der Waals surface area contributed by atoms with E-state index in [1.54, 1.807) is 0 Å². The molecule has 10 heavy (non-hydrogen) atoms. The molecular weight excluding hydrogens is 128 g/mol. The quantitative estimate of drug-likeness (QED) is 0.360. The minimum Gasteiger partial charge on any atom is -0.330 e. The van der Waals surface area contributed by atoms with Crippen molar-refractivity contribution < 1.29 is 0 Å². The lowest BCUT2D eigenvalue weighted by molar-refractivity contribution is 0.405. The summed E-state index contributed by atoms with van der Waals surface area (Å²) in [5.74, 6) is 0.825. The van der Waals surface area contributed by atoms with Crippen LogP contribution in [0.1, 0.15) is 13.8 Å². The zero-order chi connectivity index (χ0) is 7.98. The van der Waals surface area contributed by atoms with Gasteiger partial charge in [-0.25, -0.2) is 0 Å². The van der Waals surface area contributed by atoms with Crippen molar-refractivity contribution in [2.75, 3.05) is 13.1 Å². The first-order chi connectivity index (χ1) is 4.72. The van der Waals surface area contributed by atoms with Crippen LogP contribution in [0.4, 0.5) is 0 Å². The Hall–Kier alpha value is -0.730. The second-order valence-corrected chi connectivity index (χ2v) is 2.60. The molecular formula is C6H14N4. The van der Waals surface area contributed by atoms with Gasteiger partial charge < -0.3 is 5.73 Å². The maximum absolute atomic E-state index is 8.00. The van der Waals surface area contributed by atoms with Crippen molar-refractivity contribution in [1.29, 1.82) is 0 Å². The molecule has 0 amide bonds. The third-order valence-electron chi connectivity index (χ3n) is 1.78. The molecule has 2 unspecified atom stereocenters. The Bertz CT molecular complexity index is 128. The highest BCUT2D eigenvalue weighted by atomic mass is 15.1. The van der Waals surface area contributed by atoms with Gasteiger partial charge in [0, 0.05) is 11.5 Å². The second kappa shape index (κ2) is 5.09. The normalized spacial score (nSPS) is 15.5. The molecule has 0 aromatic heterocycles. The Morgan fingerprint density at radius 1 is 1.50 bits per heavy atom. The Kier molecular flexibility index (Phi) is 4.72. The molecule has 2 atom stereocenters. The summed E-state index contributed by atoms with van der Waals surface area (Å²) in [5.41, 5.74) is 13.4. The van der Waals surface area contributed by atoms with Crippen molar-refractivity contribution in [3.63, 3.8) is 0 Å². The van der Waals surface area contributed by atoms with Gasteiger partial charge in [0.05, 0.1) is 0 Å². The predicted molar refractivity (Wildman–Crippen MR) is 41.4 cm³/mol. The van der Waals surface area contributed by atoms with Crippen LogP contribution in [0.15, 0.2) is 5.11 Å². The number of azide groups is 1. The van der Waals surface area contributed by atoms with E-state index in [-0.39, 0.29) is 0 Å². The highest BCUT2D eigenvalue weighted by molar-refractivity contribution is 4.64. The molecule has 0 radical (unpaired) electrons. The lowest BCUT2D eigenvalue weighted by Gasteiger charge is -2.14. The summed E-state index contributed by atoms with van der Waals surface area (Å²) in [5, 5.41) is 3.47. The van der Waals surface area contributed by atoms with Crippen LogP contribution < -0.4 is 5.73 Å². The fraction of sp³-hybridized carbons (Fsp3) is 1.00. The summed E-state index contributed by atoms with van der Waals surface area (Å²) >= 11 is 0. The van der Waals surface area contributed by atoms with E-state index in [4.69, 9.17) is 11.3 Å². The zero-order valence-corrected chi connectivity index (χ0v) is 6.49. The lowest BCUT2D eigenvalue weighted by atomic mass is 9.97. The molecule has 4 nitrogen and oxygen atoms in total. The third kappa shape index (κ3) is 3.33. The minimum absolute atomic E-state index is 0.390. The van der Waals surface area contributed by atoms with Gasteiger partial charge in [-0.3, -0.25) is 0 Å². The summed E-state index contributed by atoms with van der Waals surface area (Å²) < 4.78 is 0. The van der Waals surface area contributed by atoms with Crippen molar-refractivity contribution in [3.05, 3.63) is 10.4 Å². The van der Waals surface area contributed by atoms with Gasteiger partial charge in [0.2, 0.25) is 0 Å². The average molecular weight is 142 g/mol. The predicted octanol–water partition coefficient (Wildman–Crippen LogP) is 1.53. The Morgan fingerprint density at radius 3 is 2.50 bits per heavy atom. The molecule has 0 aliphatic heterocycles. The lowest BCUT2D eigenvalue weighted by Crippen LogP contribution is -2.20. The molecule has 0 aromatic rings. The molecule has 0 bridgehead atoms. The van der Waals surface area contributed by atoms with Crippen molar-refractivity contribution in [2.45, 2.75) is 13.8 Å². The van der Waals surface area contributed by atoms with Crippen LogP contribution in [0, 0.1) is 11.8 Å². The fourth-order valence-electron chi connectivity index (χ4n) is 0.578. The van der Waals surface area contributed by atoms with Gasteiger partial charge >= 0.3 is 0 Å². The molecule has 0 fully saturated rings. The van der Waals surface area contributed by atoms with Crippen LogP contribution >= 0.6 is 0 Å². The van der Waals surface area contributed by atoms with E-state index in [0.717, 1.165) is 0 Å². The largest absolute Gasteiger partial charge is 0.330 e. The average Bonchev–Trinajstić information content (AvgIpc) is 1.98. The molecule has 0 spiro atoms. The van der Waals surface area contributed by atoms with Crippen molar-refractivity contribution in [2.24, 2.45) is 22.7 Å². The molecule has 0 heterocycles. The van der Waals surface area contributed by atoms with Gasteiger partial charge in [-0.05, 0) is 23.9 Å². The molecule has 4 heteroatoms. The van der Waals surface area contributed by atoms with Gasteiger partial charge in [0.15, 0.2) is 0 Å². The monoisotopic (exact) mass is 142 g/mol. The van der Waals surface area contributed by atoms with Gasteiger partial charge in [-0.1, -0.05) is 19.0 Å². The van der Waals surface area contributed by atoms with Crippen LogP contribution in [0.5, 0.6) is 0 Å². The van der Waals surface area contributed by atoms with E-state index in [9.17, 15) is 0 Å². The highest BCUT2D eigenvalue weighted by Crippen LogP contribution is 2.08. The molecule has 0 aliphatic rings. The Balaban J connectivity index is 3.60. The molecule has 0 aliphatic carbocycles. The van der Waals surface area contributed by atoms with Crippen LogP contribution in [-0.2, 0) is 0 Å². The van der Waals surface area contributed by atoms with E-state index >= 15 is 0 Å². The first-order valence-electron chi connectivity index (χ1n) is 3.43. The maximum atomic E-state index is 8.00. The van der Waals surface area contributed by atoms with Crippen LogP contribution in [-0.4, -0.2) is 13.1 Å². The second-order valence-electron chi connectivity index (χ2n) is 2.60. The molecule has 58 valence electrons. The van der Waals surface area contributed by atoms with E-state index in [1.165, 1.54) is 0 Å². The minimum atomic E-state index is 0.390. The number of rotatable bonds is 4. The van der Waals surface area contributed by atoms with Gasteiger partial charge in [-0.15, -0.1) is 0 Å². The van der Waals surface area contributed by atoms with Crippen molar-refractivity contribution in [3.8, 4) is 0 Å². The van der Waals surface area contributed by atoms with E-state index in [1.807, 2.05) is 6.92 Å². The highest BCUT2D eigenvalue weighted by Gasteiger charge is 2.07. The number of hydrogen-bond acceptors (Lipinski definition) is 2. The zero-order valence-electron chi connectivity index (χ0n) is 6.49. The summed E-state index contributed by atoms with van der Waals surface area (Å²) in [7, 11) is 0. The molecule has 0 aromatic carbocycles. The third-order valence-corrected chi connectivity index (χ3v) is 1.78. The Morgan fingerprint density at radius 2 is 2.10 bits per heavy atom. The summed E-state index contributed by atoms with van der Waals surface area (Å²) in [6.45, 7) is 5.29. The molecule has 0 saturated carbocycles.